The highest BCUT2D eigenvalue weighted by molar-refractivity contribution is 8.00. The van der Waals surface area contributed by atoms with Crippen LogP contribution in [-0.4, -0.2) is 57.0 Å². The molecule has 1 aromatic carbocycles. The molecular formula is C18H18N2O5S. The predicted octanol–water partition coefficient (Wildman–Crippen LogP) is -0.494. The summed E-state index contributed by atoms with van der Waals surface area (Å²) in [5.74, 6) is 9.87. The molecule has 1 aliphatic rings. The number of benzene rings is 1. The van der Waals surface area contributed by atoms with Gasteiger partial charge in [0, 0.05) is 29.1 Å². The fraction of sp³-hybridized carbons (Fsp3) is 0.333. The topological polar surface area (TPSA) is 119 Å². The number of hydrogen-bond acceptors (Lipinski definition) is 6. The molecule has 1 atom stereocenters. The molecule has 0 aromatic heterocycles. The zero-order valence-electron chi connectivity index (χ0n) is 13.8. The maximum atomic E-state index is 12.3. The number of rotatable bonds is 5. The van der Waals surface area contributed by atoms with Crippen molar-refractivity contribution < 1.29 is 25.0 Å². The summed E-state index contributed by atoms with van der Waals surface area (Å²) >= 11 is 1.43. The van der Waals surface area contributed by atoms with Gasteiger partial charge in [-0.25, -0.2) is 5.48 Å². The van der Waals surface area contributed by atoms with Gasteiger partial charge in [0.1, 0.15) is 11.6 Å². The first-order chi connectivity index (χ1) is 12.5. The summed E-state index contributed by atoms with van der Waals surface area (Å²) in [5.41, 5.74) is 1.03. The van der Waals surface area contributed by atoms with Crippen molar-refractivity contribution in [1.29, 1.82) is 0 Å². The molecule has 1 heterocycles. The number of nitrogens with one attached hydrogen (secondary N) is 2. The highest BCUT2D eigenvalue weighted by Crippen LogP contribution is 2.32. The van der Waals surface area contributed by atoms with E-state index in [4.69, 9.17) is 10.3 Å². The van der Waals surface area contributed by atoms with Gasteiger partial charge in [0.25, 0.3) is 11.8 Å². The van der Waals surface area contributed by atoms with Crippen LogP contribution in [0.4, 0.5) is 0 Å². The number of thioether (sulfide) groups is 1. The Bertz CT molecular complexity index is 782. The van der Waals surface area contributed by atoms with Crippen molar-refractivity contribution in [3.05, 3.63) is 35.4 Å². The average molecular weight is 374 g/mol. The molecule has 8 heteroatoms. The Hall–Kier alpha value is -2.49. The van der Waals surface area contributed by atoms with E-state index in [0.29, 0.717) is 12.0 Å². The SMILES string of the molecule is O=C(NC(C(=O)NO)C1(O)CSC1)c1ccc(C#CC#CCCO)cc1. The molecule has 0 radical (unpaired) electrons. The van der Waals surface area contributed by atoms with E-state index in [0.717, 1.165) is 0 Å². The van der Waals surface area contributed by atoms with Crippen LogP contribution in [0, 0.1) is 23.7 Å². The van der Waals surface area contributed by atoms with E-state index in [1.54, 1.807) is 12.1 Å². The minimum atomic E-state index is -1.38. The average Bonchev–Trinajstić information content (AvgIpc) is 2.63. The number of carbonyl (C=O) groups excluding carboxylic acids is 2. The van der Waals surface area contributed by atoms with Crippen LogP contribution in [0.3, 0.4) is 0 Å². The van der Waals surface area contributed by atoms with Crippen LogP contribution in [-0.2, 0) is 4.79 Å². The first kappa shape index (κ1) is 19.8. The van der Waals surface area contributed by atoms with Crippen molar-refractivity contribution in [3.63, 3.8) is 0 Å². The van der Waals surface area contributed by atoms with Gasteiger partial charge in [-0.15, -0.1) is 0 Å². The molecule has 2 rings (SSSR count). The Morgan fingerprint density at radius 3 is 2.46 bits per heavy atom. The highest BCUT2D eigenvalue weighted by Gasteiger charge is 2.47. The van der Waals surface area contributed by atoms with Crippen molar-refractivity contribution in [2.75, 3.05) is 18.1 Å². The van der Waals surface area contributed by atoms with E-state index in [1.165, 1.54) is 29.4 Å². The zero-order valence-corrected chi connectivity index (χ0v) is 14.6. The van der Waals surface area contributed by atoms with Crippen LogP contribution in [0.15, 0.2) is 24.3 Å². The Labute approximate surface area is 155 Å². The molecule has 1 unspecified atom stereocenters. The molecule has 0 aliphatic carbocycles. The maximum Gasteiger partial charge on any atom is 0.268 e. The lowest BCUT2D eigenvalue weighted by Gasteiger charge is -2.41. The Balaban J connectivity index is 2.05. The maximum absolute atomic E-state index is 12.3. The van der Waals surface area contributed by atoms with Crippen LogP contribution in [0.1, 0.15) is 22.3 Å². The normalized spacial score (nSPS) is 15.2. The van der Waals surface area contributed by atoms with Gasteiger partial charge in [-0.05, 0) is 36.1 Å². The quantitative estimate of drug-likeness (QED) is 0.270. The largest absolute Gasteiger partial charge is 0.395 e. The molecule has 1 fully saturated rings. The third kappa shape index (κ3) is 5.01. The Morgan fingerprint density at radius 1 is 1.23 bits per heavy atom. The molecule has 0 bridgehead atoms. The lowest BCUT2D eigenvalue weighted by atomic mass is 9.96. The van der Waals surface area contributed by atoms with Gasteiger partial charge < -0.3 is 15.5 Å². The number of carbonyl (C=O) groups is 2. The smallest absolute Gasteiger partial charge is 0.268 e. The predicted molar refractivity (Wildman–Crippen MR) is 96.3 cm³/mol. The summed E-state index contributed by atoms with van der Waals surface area (Å²) in [6.07, 6.45) is 0.362. The minimum absolute atomic E-state index is 0.0123. The molecule has 7 nitrogen and oxygen atoms in total. The molecule has 0 spiro atoms. The van der Waals surface area contributed by atoms with Gasteiger partial charge in [-0.1, -0.05) is 11.8 Å². The summed E-state index contributed by atoms with van der Waals surface area (Å²) in [6.45, 7) is -0.0123. The monoisotopic (exact) mass is 374 g/mol. The van der Waals surface area contributed by atoms with Crippen LogP contribution in [0.2, 0.25) is 0 Å². The van der Waals surface area contributed by atoms with Gasteiger partial charge in [0.15, 0.2) is 0 Å². The summed E-state index contributed by atoms with van der Waals surface area (Å²) in [6, 6.07) is 5.08. The van der Waals surface area contributed by atoms with Crippen molar-refractivity contribution in [3.8, 4) is 23.7 Å². The van der Waals surface area contributed by atoms with Gasteiger partial charge in [-0.2, -0.15) is 11.8 Å². The second kappa shape index (κ2) is 9.27. The van der Waals surface area contributed by atoms with Crippen LogP contribution in [0.25, 0.3) is 0 Å². The molecule has 26 heavy (non-hydrogen) atoms. The lowest BCUT2D eigenvalue weighted by Crippen LogP contribution is -2.65. The third-order valence-electron chi connectivity index (χ3n) is 3.63. The molecule has 1 aromatic rings. The number of aliphatic hydroxyl groups excluding tert-OH is 1. The van der Waals surface area contributed by atoms with Gasteiger partial charge in [-0.3, -0.25) is 14.8 Å². The minimum Gasteiger partial charge on any atom is -0.395 e. The Morgan fingerprint density at radius 2 is 1.92 bits per heavy atom. The lowest BCUT2D eigenvalue weighted by molar-refractivity contribution is -0.136. The third-order valence-corrected chi connectivity index (χ3v) is 5.04. The molecular weight excluding hydrogens is 356 g/mol. The van der Waals surface area contributed by atoms with Crippen LogP contribution < -0.4 is 10.8 Å². The first-order valence-corrected chi connectivity index (χ1v) is 8.90. The van der Waals surface area contributed by atoms with E-state index in [2.05, 4.69) is 29.0 Å². The number of hydrogen-bond donors (Lipinski definition) is 5. The van der Waals surface area contributed by atoms with Gasteiger partial charge >= 0.3 is 0 Å². The van der Waals surface area contributed by atoms with Crippen LogP contribution >= 0.6 is 11.8 Å². The van der Waals surface area contributed by atoms with E-state index in [1.807, 2.05) is 0 Å². The first-order valence-electron chi connectivity index (χ1n) is 7.75. The van der Waals surface area contributed by atoms with Crippen molar-refractivity contribution in [2.45, 2.75) is 18.1 Å². The van der Waals surface area contributed by atoms with Crippen molar-refractivity contribution in [1.82, 2.24) is 10.8 Å². The highest BCUT2D eigenvalue weighted by atomic mass is 32.2. The number of amides is 2. The Kier molecular flexibility index (Phi) is 7.07. The molecule has 5 N–H and O–H groups in total. The zero-order chi connectivity index (χ0) is 19.0. The summed E-state index contributed by atoms with van der Waals surface area (Å²) < 4.78 is 0. The molecule has 136 valence electrons. The van der Waals surface area contributed by atoms with Gasteiger partial charge in [0.05, 0.1) is 6.61 Å². The summed E-state index contributed by atoms with van der Waals surface area (Å²) in [4.78, 5) is 24.1. The fourth-order valence-electron chi connectivity index (χ4n) is 2.17. The van der Waals surface area contributed by atoms with Gasteiger partial charge in [0.2, 0.25) is 0 Å². The van der Waals surface area contributed by atoms with E-state index in [9.17, 15) is 14.7 Å². The van der Waals surface area contributed by atoms with E-state index >= 15 is 0 Å². The molecule has 1 aliphatic heterocycles. The molecule has 1 saturated heterocycles. The van der Waals surface area contributed by atoms with E-state index in [-0.39, 0.29) is 23.7 Å². The summed E-state index contributed by atoms with van der Waals surface area (Å²) in [7, 11) is 0. The second-order valence-electron chi connectivity index (χ2n) is 5.58. The van der Waals surface area contributed by atoms with Crippen molar-refractivity contribution >= 4 is 23.6 Å². The second-order valence-corrected chi connectivity index (χ2v) is 6.57. The number of aliphatic hydroxyl groups is 2. The standard InChI is InChI=1S/C18H18N2O5S/c21-10-4-2-1-3-5-13-6-8-14(9-7-13)16(22)19-15(17(23)20-25)18(24)11-26-12-18/h6-9,15,21,24-25H,4,10-12H2,(H,19,22)(H,20,23). The summed E-state index contributed by atoms with van der Waals surface area (Å²) in [5, 5.41) is 30.2. The fourth-order valence-corrected chi connectivity index (χ4v) is 3.13. The molecule has 2 amide bonds. The van der Waals surface area contributed by atoms with E-state index < -0.39 is 23.5 Å². The molecule has 0 saturated carbocycles. The van der Waals surface area contributed by atoms with Crippen molar-refractivity contribution in [2.24, 2.45) is 0 Å². The van der Waals surface area contributed by atoms with Crippen LogP contribution in [0.5, 0.6) is 0 Å². The number of hydroxylamine groups is 1.